The van der Waals surface area contributed by atoms with Crippen LogP contribution in [0.25, 0.3) is 0 Å². The molecule has 2 N–H and O–H groups in total. The molecule has 0 saturated heterocycles. The number of hydrogen-bond donors (Lipinski definition) is 1. The third-order valence-electron chi connectivity index (χ3n) is 2.12. The number of nitrogens with two attached hydrogens (primary N) is 1. The molecule has 1 aromatic rings. The number of ether oxygens (including phenoxy) is 1. The van der Waals surface area contributed by atoms with E-state index in [2.05, 4.69) is 0 Å². The molecule has 0 aromatic heterocycles. The lowest BCUT2D eigenvalue weighted by atomic mass is 10.0. The Morgan fingerprint density at radius 1 is 1.27 bits per heavy atom. The van der Waals surface area contributed by atoms with Crippen molar-refractivity contribution in [3.05, 3.63) is 28.8 Å². The average molecular weight is 223 g/mol. The van der Waals surface area contributed by atoms with Crippen LogP contribution in [0.4, 0.5) is 0 Å². The van der Waals surface area contributed by atoms with Crippen LogP contribution in [0.1, 0.15) is 30.5 Å². The smallest absolute Gasteiger partial charge is 0.120 e. The summed E-state index contributed by atoms with van der Waals surface area (Å²) in [4.78, 5) is 0.445. The summed E-state index contributed by atoms with van der Waals surface area (Å²) in [7, 11) is 0. The van der Waals surface area contributed by atoms with Gasteiger partial charge in [0.05, 0.1) is 6.10 Å². The zero-order valence-corrected chi connectivity index (χ0v) is 10.4. The summed E-state index contributed by atoms with van der Waals surface area (Å²) in [5.41, 5.74) is 8.75. The van der Waals surface area contributed by atoms with E-state index >= 15 is 0 Å². The van der Waals surface area contributed by atoms with Crippen molar-refractivity contribution in [2.24, 2.45) is 5.73 Å². The van der Waals surface area contributed by atoms with Crippen LogP contribution in [0.15, 0.2) is 12.1 Å². The second-order valence-electron chi connectivity index (χ2n) is 3.96. The number of thiocarbonyl (C=S) groups is 1. The minimum Gasteiger partial charge on any atom is -0.491 e. The second-order valence-corrected chi connectivity index (χ2v) is 4.40. The molecule has 3 heteroatoms. The zero-order chi connectivity index (χ0) is 11.6. The summed E-state index contributed by atoms with van der Waals surface area (Å²) in [5.74, 6) is 0.875. The normalized spacial score (nSPS) is 10.5. The maximum atomic E-state index is 5.66. The van der Waals surface area contributed by atoms with E-state index in [1.54, 1.807) is 0 Å². The van der Waals surface area contributed by atoms with E-state index < -0.39 is 0 Å². The predicted octanol–water partition coefficient (Wildman–Crippen LogP) is 2.72. The quantitative estimate of drug-likeness (QED) is 0.800. The van der Waals surface area contributed by atoms with Crippen molar-refractivity contribution in [1.29, 1.82) is 0 Å². The summed E-state index contributed by atoms with van der Waals surface area (Å²) < 4.78 is 5.63. The van der Waals surface area contributed by atoms with Gasteiger partial charge in [-0.1, -0.05) is 12.2 Å². The largest absolute Gasteiger partial charge is 0.491 e. The predicted molar refractivity (Wildman–Crippen MR) is 67.6 cm³/mol. The average Bonchev–Trinajstić information content (AvgIpc) is 1.99. The molecule has 15 heavy (non-hydrogen) atoms. The van der Waals surface area contributed by atoms with E-state index in [9.17, 15) is 0 Å². The Morgan fingerprint density at radius 3 is 2.07 bits per heavy atom. The van der Waals surface area contributed by atoms with Crippen molar-refractivity contribution in [2.75, 3.05) is 0 Å². The van der Waals surface area contributed by atoms with Gasteiger partial charge in [0, 0.05) is 5.56 Å². The van der Waals surface area contributed by atoms with Crippen molar-refractivity contribution in [2.45, 2.75) is 33.8 Å². The first kappa shape index (κ1) is 12.0. The fraction of sp³-hybridized carbons (Fsp3) is 0.417. The highest BCUT2D eigenvalue weighted by Crippen LogP contribution is 2.22. The molecule has 0 aliphatic carbocycles. The van der Waals surface area contributed by atoms with Crippen molar-refractivity contribution in [3.63, 3.8) is 0 Å². The Kier molecular flexibility index (Phi) is 3.69. The van der Waals surface area contributed by atoms with E-state index in [0.717, 1.165) is 22.4 Å². The summed E-state index contributed by atoms with van der Waals surface area (Å²) in [6.45, 7) is 8.00. The molecule has 0 aliphatic rings. The van der Waals surface area contributed by atoms with Gasteiger partial charge in [0.15, 0.2) is 0 Å². The van der Waals surface area contributed by atoms with Crippen LogP contribution in [-0.2, 0) is 0 Å². The van der Waals surface area contributed by atoms with Gasteiger partial charge in [0.25, 0.3) is 0 Å². The van der Waals surface area contributed by atoms with Gasteiger partial charge in [-0.15, -0.1) is 0 Å². The number of hydrogen-bond acceptors (Lipinski definition) is 2. The van der Waals surface area contributed by atoms with Crippen molar-refractivity contribution in [1.82, 2.24) is 0 Å². The van der Waals surface area contributed by atoms with Gasteiger partial charge in [-0.3, -0.25) is 0 Å². The van der Waals surface area contributed by atoms with Crippen LogP contribution in [0.2, 0.25) is 0 Å². The monoisotopic (exact) mass is 223 g/mol. The summed E-state index contributed by atoms with van der Waals surface area (Å²) in [6, 6.07) is 3.95. The SMILES string of the molecule is Cc1cc(OC(C)C)cc(C)c1C(N)=S. The van der Waals surface area contributed by atoms with Crippen LogP contribution in [0.5, 0.6) is 5.75 Å². The molecular formula is C12H17NOS. The lowest BCUT2D eigenvalue weighted by Crippen LogP contribution is -2.14. The van der Waals surface area contributed by atoms with Gasteiger partial charge in [-0.2, -0.15) is 0 Å². The Hall–Kier alpha value is -1.09. The molecular weight excluding hydrogens is 206 g/mol. The maximum absolute atomic E-state index is 5.66. The molecule has 1 rings (SSSR count). The molecule has 0 radical (unpaired) electrons. The Balaban J connectivity index is 3.14. The number of rotatable bonds is 3. The summed E-state index contributed by atoms with van der Waals surface area (Å²) >= 11 is 5.01. The topological polar surface area (TPSA) is 35.2 Å². The molecule has 82 valence electrons. The highest BCUT2D eigenvalue weighted by atomic mass is 32.1. The molecule has 0 saturated carbocycles. The zero-order valence-electron chi connectivity index (χ0n) is 9.63. The van der Waals surface area contributed by atoms with E-state index in [1.165, 1.54) is 0 Å². The van der Waals surface area contributed by atoms with Gasteiger partial charge in [-0.25, -0.2) is 0 Å². The first-order chi connectivity index (χ1) is 6.91. The second kappa shape index (κ2) is 4.62. The standard InChI is InChI=1S/C12H17NOS/c1-7(2)14-10-5-8(3)11(12(13)15)9(4)6-10/h5-7H,1-4H3,(H2,13,15). The third-order valence-corrected chi connectivity index (χ3v) is 2.33. The van der Waals surface area contributed by atoms with E-state index in [4.69, 9.17) is 22.7 Å². The number of benzene rings is 1. The fourth-order valence-corrected chi connectivity index (χ4v) is 1.97. The summed E-state index contributed by atoms with van der Waals surface area (Å²) in [5, 5.41) is 0. The number of aryl methyl sites for hydroxylation is 2. The summed E-state index contributed by atoms with van der Waals surface area (Å²) in [6.07, 6.45) is 0.180. The highest BCUT2D eigenvalue weighted by Gasteiger charge is 2.08. The Morgan fingerprint density at radius 2 is 1.73 bits per heavy atom. The molecule has 0 unspecified atom stereocenters. The van der Waals surface area contributed by atoms with Crippen LogP contribution in [0.3, 0.4) is 0 Å². The molecule has 0 bridgehead atoms. The van der Waals surface area contributed by atoms with Crippen LogP contribution in [-0.4, -0.2) is 11.1 Å². The maximum Gasteiger partial charge on any atom is 0.120 e. The van der Waals surface area contributed by atoms with Crippen LogP contribution in [0, 0.1) is 13.8 Å². The van der Waals surface area contributed by atoms with E-state index in [-0.39, 0.29) is 6.10 Å². The van der Waals surface area contributed by atoms with Crippen LogP contribution < -0.4 is 10.5 Å². The van der Waals surface area contributed by atoms with Gasteiger partial charge < -0.3 is 10.5 Å². The molecule has 0 spiro atoms. The van der Waals surface area contributed by atoms with Crippen molar-refractivity contribution >= 4 is 17.2 Å². The first-order valence-corrected chi connectivity index (χ1v) is 5.40. The molecule has 0 fully saturated rings. The lowest BCUT2D eigenvalue weighted by molar-refractivity contribution is 0.242. The molecule has 0 aliphatic heterocycles. The molecule has 0 atom stereocenters. The lowest BCUT2D eigenvalue weighted by Gasteiger charge is -2.14. The van der Waals surface area contributed by atoms with Gasteiger partial charge in [0.1, 0.15) is 10.7 Å². The van der Waals surface area contributed by atoms with Gasteiger partial charge in [-0.05, 0) is 51.0 Å². The third kappa shape index (κ3) is 2.93. The van der Waals surface area contributed by atoms with Gasteiger partial charge in [0.2, 0.25) is 0 Å². The van der Waals surface area contributed by atoms with Crippen molar-refractivity contribution < 1.29 is 4.74 Å². The first-order valence-electron chi connectivity index (χ1n) is 4.99. The minimum absolute atomic E-state index is 0.180. The fourth-order valence-electron chi connectivity index (χ4n) is 1.65. The minimum atomic E-state index is 0.180. The Labute approximate surface area is 96.4 Å². The molecule has 0 amide bonds. The molecule has 0 heterocycles. The Bertz CT molecular complexity index is 362. The highest BCUT2D eigenvalue weighted by molar-refractivity contribution is 7.80. The van der Waals surface area contributed by atoms with Crippen molar-refractivity contribution in [3.8, 4) is 5.75 Å². The van der Waals surface area contributed by atoms with Crippen LogP contribution >= 0.6 is 12.2 Å². The van der Waals surface area contributed by atoms with E-state index in [0.29, 0.717) is 4.99 Å². The molecule has 1 aromatic carbocycles. The molecule has 2 nitrogen and oxygen atoms in total. The van der Waals surface area contributed by atoms with Gasteiger partial charge >= 0.3 is 0 Å². The van der Waals surface area contributed by atoms with E-state index in [1.807, 2.05) is 39.8 Å².